The number of carboxylic acid groups (broad SMARTS) is 1. The van der Waals surface area contributed by atoms with Crippen LogP contribution in [-0.4, -0.2) is 78.8 Å². The molecule has 0 saturated carbocycles. The Hall–Kier alpha value is -4.86. The fourth-order valence-electron chi connectivity index (χ4n) is 4.82. The highest BCUT2D eigenvalue weighted by Gasteiger charge is 2.48. The molecular formula is C31H23ClF2N4O8. The van der Waals surface area contributed by atoms with E-state index in [1.165, 1.54) is 24.4 Å². The van der Waals surface area contributed by atoms with E-state index in [0.717, 1.165) is 12.1 Å². The van der Waals surface area contributed by atoms with E-state index in [9.17, 15) is 38.8 Å². The first-order valence-corrected chi connectivity index (χ1v) is 13.7. The predicted octanol–water partition coefficient (Wildman–Crippen LogP) is 3.22. The first kappa shape index (κ1) is 26.4. The number of hydrogen-bond donors (Lipinski definition) is 5. The number of halogens is 3. The molecule has 4 aromatic rings. The summed E-state index contributed by atoms with van der Waals surface area (Å²) >= 11 is 6.26. The van der Waals surface area contributed by atoms with Crippen molar-refractivity contribution in [3.8, 4) is 11.3 Å². The normalized spacial score (nSPS) is 23.3. The molecule has 0 bridgehead atoms. The number of ether oxygens (including phenoxy) is 2. The van der Waals surface area contributed by atoms with Crippen LogP contribution in [0.2, 0.25) is 5.02 Å². The fraction of sp³-hybridized carbons (Fsp3) is 0.194. The molecule has 1 saturated heterocycles. The lowest BCUT2D eigenvalue weighted by Gasteiger charge is -2.37. The van der Waals surface area contributed by atoms with Crippen LogP contribution in [0.5, 0.6) is 0 Å². The van der Waals surface area contributed by atoms with E-state index in [-0.39, 0.29) is 40.0 Å². The van der Waals surface area contributed by atoms with Gasteiger partial charge in [-0.25, -0.2) is 28.3 Å². The van der Waals surface area contributed by atoms with E-state index in [2.05, 4.69) is 20.3 Å². The summed E-state index contributed by atoms with van der Waals surface area (Å²) in [5.41, 5.74) is -0.503. The van der Waals surface area contributed by atoms with Gasteiger partial charge in [-0.15, -0.1) is 0 Å². The number of rotatable bonds is 6. The van der Waals surface area contributed by atoms with Gasteiger partial charge in [0.05, 0.1) is 34.6 Å². The molecule has 0 aliphatic carbocycles. The molecular weight excluding hydrogens is 630 g/mol. The number of hydrogen-bond acceptors (Lipinski definition) is 11. The van der Waals surface area contributed by atoms with Crippen LogP contribution in [-0.2, 0) is 20.8 Å². The van der Waals surface area contributed by atoms with Gasteiger partial charge in [-0.3, -0.25) is 4.99 Å². The molecule has 5 atom stereocenters. The van der Waals surface area contributed by atoms with Gasteiger partial charge in [-0.05, 0) is 48.4 Å². The fourth-order valence-corrected chi connectivity index (χ4v) is 5.00. The molecule has 0 unspecified atom stereocenters. The molecule has 0 amide bonds. The van der Waals surface area contributed by atoms with Gasteiger partial charge in [0, 0.05) is 33.6 Å². The van der Waals surface area contributed by atoms with Gasteiger partial charge in [0.15, 0.2) is 6.10 Å². The Morgan fingerprint density at radius 1 is 1.02 bits per heavy atom. The second kappa shape index (κ2) is 12.5. The van der Waals surface area contributed by atoms with Crippen molar-refractivity contribution in [1.82, 2.24) is 9.97 Å². The maximum absolute atomic E-state index is 14.9. The van der Waals surface area contributed by atoms with Crippen LogP contribution in [0.3, 0.4) is 0 Å². The molecule has 1 fully saturated rings. The zero-order valence-corrected chi connectivity index (χ0v) is 23.8. The van der Waals surface area contributed by atoms with Crippen LogP contribution in [0.1, 0.15) is 32.5 Å². The molecule has 2 aliphatic heterocycles. The third-order valence-electron chi connectivity index (χ3n) is 7.07. The molecule has 0 radical (unpaired) electrons. The second-order valence-corrected chi connectivity index (χ2v) is 10.5. The van der Waals surface area contributed by atoms with Gasteiger partial charge in [0.1, 0.15) is 29.9 Å². The number of carboxylic acids is 1. The Bertz CT molecular complexity index is 2060. The highest BCUT2D eigenvalue weighted by Crippen LogP contribution is 2.35. The number of aromatic nitrogens is 2. The minimum absolute atomic E-state index is 0.0250. The molecule has 236 valence electrons. The van der Waals surface area contributed by atoms with Crippen molar-refractivity contribution in [2.75, 3.05) is 5.32 Å². The Morgan fingerprint density at radius 2 is 1.74 bits per heavy atom. The number of esters is 1. The smallest absolute Gasteiger partial charge is 0.340 e. The summed E-state index contributed by atoms with van der Waals surface area (Å²) in [4.78, 5) is 37.5. The van der Waals surface area contributed by atoms with Crippen LogP contribution < -0.4 is 5.32 Å². The number of aliphatic hydroxyl groups excluding tert-OH is 3. The lowest BCUT2D eigenvalue weighted by Crippen LogP contribution is -2.60. The highest BCUT2D eigenvalue weighted by atomic mass is 35.5. The van der Waals surface area contributed by atoms with E-state index in [1.54, 1.807) is 6.07 Å². The summed E-state index contributed by atoms with van der Waals surface area (Å²) in [7, 11) is 0. The number of aliphatic hydroxyl groups is 3. The first-order valence-electron chi connectivity index (χ1n) is 15.3. The zero-order chi connectivity index (χ0) is 36.2. The maximum atomic E-state index is 14.9. The van der Waals surface area contributed by atoms with Crippen LogP contribution in [0.4, 0.5) is 20.4 Å². The molecule has 46 heavy (non-hydrogen) atoms. The van der Waals surface area contributed by atoms with Gasteiger partial charge in [-0.2, -0.15) is 0 Å². The van der Waals surface area contributed by atoms with E-state index < -0.39 is 89.7 Å². The lowest BCUT2D eigenvalue weighted by molar-refractivity contribution is -0.278. The lowest BCUT2D eigenvalue weighted by atomic mass is 9.95. The topological polar surface area (TPSA) is 184 Å². The first-order chi connectivity index (χ1) is 23.7. The number of carbonyl (C=O) groups excluding carboxylic acids is 1. The number of aliphatic carboxylic acids is 1. The summed E-state index contributed by atoms with van der Waals surface area (Å²) in [6, 6.07) is 4.55. The van der Waals surface area contributed by atoms with Crippen molar-refractivity contribution in [2.45, 2.75) is 37.3 Å². The summed E-state index contributed by atoms with van der Waals surface area (Å²) in [5, 5.41) is 42.1. The summed E-state index contributed by atoms with van der Waals surface area (Å²) in [6.45, 7) is -0.106. The summed E-state index contributed by atoms with van der Waals surface area (Å²) in [5.74, 6) is -5.25. The summed E-state index contributed by atoms with van der Waals surface area (Å²) < 4.78 is 73.4. The van der Waals surface area contributed by atoms with E-state index in [4.69, 9.17) is 26.6 Å². The molecule has 3 aromatic carbocycles. The van der Waals surface area contributed by atoms with Crippen LogP contribution in [0.25, 0.3) is 11.3 Å². The molecule has 5 N–H and O–H groups in total. The standard InChI is InChI=1S/C31H23ClF2N4O8/c32-15-6-9-17-18(10-15)23(21-19(33)2-1-3-20(21)34)35-11-14-12-36-31(38-22(14)17)37-16-7-4-13(5-8-16)29(44)46-30-26(41)24(39)25(40)27(45-30)28(42)43/h1-10,12,24-27,30,39-41H,11H2,(H,42,43)(H,36,37,38)/t24-,25-,26+,27-,30-/m0/s1/i4D,5D,7D,8D. The number of fused-ring (bicyclic) bond motifs is 3. The second-order valence-electron chi connectivity index (χ2n) is 10.0. The third kappa shape index (κ3) is 5.91. The van der Waals surface area contributed by atoms with E-state index in [0.29, 0.717) is 11.1 Å². The summed E-state index contributed by atoms with van der Waals surface area (Å²) in [6.07, 6.45) is -9.23. The highest BCUT2D eigenvalue weighted by molar-refractivity contribution is 6.31. The van der Waals surface area contributed by atoms with Crippen LogP contribution >= 0.6 is 11.6 Å². The van der Waals surface area contributed by atoms with Crippen LogP contribution in [0.15, 0.2) is 71.8 Å². The molecule has 12 nitrogen and oxygen atoms in total. The molecule has 0 spiro atoms. The van der Waals surface area contributed by atoms with Crippen LogP contribution in [0, 0.1) is 11.6 Å². The van der Waals surface area contributed by atoms with Gasteiger partial charge < -0.3 is 35.2 Å². The number of aliphatic imine (C=N–C) groups is 1. The number of nitrogens with one attached hydrogen (secondary N) is 1. The minimum Gasteiger partial charge on any atom is -0.479 e. The maximum Gasteiger partial charge on any atom is 0.340 e. The van der Waals surface area contributed by atoms with E-state index in [1.807, 2.05) is 0 Å². The van der Waals surface area contributed by atoms with E-state index >= 15 is 0 Å². The van der Waals surface area contributed by atoms with Gasteiger partial charge >= 0.3 is 11.9 Å². The Labute approximate surface area is 269 Å². The van der Waals surface area contributed by atoms with Crippen molar-refractivity contribution in [1.29, 1.82) is 0 Å². The van der Waals surface area contributed by atoms with Crippen molar-refractivity contribution >= 4 is 40.9 Å². The quantitative estimate of drug-likeness (QED) is 0.192. The zero-order valence-electron chi connectivity index (χ0n) is 27.0. The number of benzene rings is 3. The number of carbonyl (C=O) groups is 2. The van der Waals surface area contributed by atoms with Gasteiger partial charge in [0.25, 0.3) is 0 Å². The van der Waals surface area contributed by atoms with Crippen molar-refractivity contribution in [3.63, 3.8) is 0 Å². The Balaban J connectivity index is 1.33. The third-order valence-corrected chi connectivity index (χ3v) is 7.30. The molecule has 6 rings (SSSR count). The van der Waals surface area contributed by atoms with Gasteiger partial charge in [-0.1, -0.05) is 23.7 Å². The van der Waals surface area contributed by atoms with Gasteiger partial charge in [0.2, 0.25) is 12.2 Å². The molecule has 2 aliphatic rings. The van der Waals surface area contributed by atoms with Crippen molar-refractivity contribution in [2.24, 2.45) is 4.99 Å². The minimum atomic E-state index is -2.16. The largest absolute Gasteiger partial charge is 0.479 e. The molecule has 3 heterocycles. The molecule has 1 aromatic heterocycles. The van der Waals surface area contributed by atoms with Crippen molar-refractivity contribution in [3.05, 3.63) is 106 Å². The number of anilines is 2. The Kier molecular flexibility index (Phi) is 7.16. The average molecular weight is 657 g/mol. The van der Waals surface area contributed by atoms with Crippen molar-refractivity contribution < 1.29 is 53.8 Å². The SMILES string of the molecule is [2H]c1c([2H])c(C(=O)O[C@@H]2O[C@H](C(=O)O)[C@@H](O)[C@H](O)[C@H]2O)c([2H])c([2H])c1Nc1ncc2c(n1)-c1ccc(Cl)cc1C(c1c(F)cccc1F)=NC2. The average Bonchev–Trinajstić information content (AvgIpc) is 3.22. The predicted molar refractivity (Wildman–Crippen MR) is 158 cm³/mol. The monoisotopic (exact) mass is 656 g/mol. The number of nitrogens with zero attached hydrogens (tertiary/aromatic N) is 3. The molecule has 15 heteroatoms. The Morgan fingerprint density at radius 3 is 2.43 bits per heavy atom.